The summed E-state index contributed by atoms with van der Waals surface area (Å²) in [6, 6.07) is 9.85. The van der Waals surface area contributed by atoms with Crippen LogP contribution in [0.5, 0.6) is 0 Å². The topological polar surface area (TPSA) is 29.1 Å². The van der Waals surface area contributed by atoms with Crippen LogP contribution < -0.4 is 5.32 Å². The molecule has 0 aliphatic heterocycles. The fourth-order valence-electron chi connectivity index (χ4n) is 1.75. The van der Waals surface area contributed by atoms with Crippen molar-refractivity contribution in [2.75, 3.05) is 5.32 Å². The van der Waals surface area contributed by atoms with E-state index >= 15 is 0 Å². The molecule has 1 N–H and O–H groups in total. The first kappa shape index (κ1) is 17.4. The van der Waals surface area contributed by atoms with E-state index < -0.39 is 17.6 Å². The highest BCUT2D eigenvalue weighted by Crippen LogP contribution is 2.35. The van der Waals surface area contributed by atoms with Crippen LogP contribution in [0.2, 0.25) is 10.0 Å². The summed E-state index contributed by atoms with van der Waals surface area (Å²) in [6.07, 6.45) is -2.14. The van der Waals surface area contributed by atoms with Gasteiger partial charge in [-0.3, -0.25) is 4.79 Å². The molecule has 0 unspecified atom stereocenters. The van der Waals surface area contributed by atoms with Gasteiger partial charge in [0.1, 0.15) is 0 Å². The van der Waals surface area contributed by atoms with Crippen molar-refractivity contribution in [1.82, 2.24) is 0 Å². The van der Waals surface area contributed by atoms with E-state index in [4.69, 9.17) is 23.2 Å². The van der Waals surface area contributed by atoms with Crippen LogP contribution in [-0.4, -0.2) is 5.91 Å². The fraction of sp³-hybridized carbons (Fsp3) is 0.0625. The number of hydrogen-bond acceptors (Lipinski definition) is 1. The maximum atomic E-state index is 12.7. The standard InChI is InChI=1S/C16H10Cl2F3NO/c17-11-3-5-12(6-4-11)22-15(23)8-2-10-1-7-14(18)13(9-10)16(19,20)21/h1-9H,(H,22,23)/b8-2+. The van der Waals surface area contributed by atoms with Crippen LogP contribution >= 0.6 is 23.2 Å². The highest BCUT2D eigenvalue weighted by atomic mass is 35.5. The highest BCUT2D eigenvalue weighted by Gasteiger charge is 2.33. The maximum absolute atomic E-state index is 12.7. The minimum absolute atomic E-state index is 0.216. The number of rotatable bonds is 3. The van der Waals surface area contributed by atoms with Gasteiger partial charge < -0.3 is 5.32 Å². The predicted molar refractivity (Wildman–Crippen MR) is 85.6 cm³/mol. The van der Waals surface area contributed by atoms with E-state index in [1.54, 1.807) is 24.3 Å². The zero-order valence-electron chi connectivity index (χ0n) is 11.5. The molecule has 7 heteroatoms. The summed E-state index contributed by atoms with van der Waals surface area (Å²) in [5.41, 5.74) is -0.205. The Balaban J connectivity index is 2.10. The first-order chi connectivity index (χ1) is 10.8. The van der Waals surface area contributed by atoms with Crippen LogP contribution in [0.25, 0.3) is 6.08 Å². The van der Waals surface area contributed by atoms with Gasteiger partial charge in [0, 0.05) is 16.8 Å². The van der Waals surface area contributed by atoms with Crippen molar-refractivity contribution in [3.63, 3.8) is 0 Å². The molecule has 120 valence electrons. The molecule has 2 nitrogen and oxygen atoms in total. The Morgan fingerprint density at radius 2 is 1.70 bits per heavy atom. The molecule has 0 fully saturated rings. The zero-order chi connectivity index (χ0) is 17.0. The number of carbonyl (C=O) groups is 1. The number of nitrogens with one attached hydrogen (secondary N) is 1. The molecule has 2 aromatic rings. The van der Waals surface area contributed by atoms with Crippen LogP contribution in [0.3, 0.4) is 0 Å². The first-order valence-corrected chi connectivity index (χ1v) is 7.13. The fourth-order valence-corrected chi connectivity index (χ4v) is 2.10. The molecule has 0 bridgehead atoms. The summed E-state index contributed by atoms with van der Waals surface area (Å²) < 4.78 is 38.2. The van der Waals surface area contributed by atoms with Crippen LogP contribution in [0.1, 0.15) is 11.1 Å². The van der Waals surface area contributed by atoms with Crippen molar-refractivity contribution >= 4 is 40.9 Å². The number of benzene rings is 2. The molecule has 0 heterocycles. The number of halogens is 5. The lowest BCUT2D eigenvalue weighted by molar-refractivity contribution is -0.137. The third kappa shape index (κ3) is 5.01. The molecule has 0 saturated carbocycles. The molecule has 23 heavy (non-hydrogen) atoms. The number of alkyl halides is 3. The van der Waals surface area contributed by atoms with E-state index in [0.717, 1.165) is 18.2 Å². The van der Waals surface area contributed by atoms with E-state index in [0.29, 0.717) is 10.7 Å². The molecule has 2 aromatic carbocycles. The van der Waals surface area contributed by atoms with Crippen LogP contribution in [0.4, 0.5) is 18.9 Å². The summed E-state index contributed by atoms with van der Waals surface area (Å²) in [4.78, 5) is 11.7. The molecule has 0 radical (unpaired) electrons. The predicted octanol–water partition coefficient (Wildman–Crippen LogP) is 5.66. The van der Waals surface area contributed by atoms with Crippen LogP contribution in [0.15, 0.2) is 48.5 Å². The summed E-state index contributed by atoms with van der Waals surface area (Å²) in [6.45, 7) is 0. The summed E-state index contributed by atoms with van der Waals surface area (Å²) in [5, 5.41) is 2.70. The van der Waals surface area contributed by atoms with Gasteiger partial charge in [-0.2, -0.15) is 13.2 Å². The summed E-state index contributed by atoms with van der Waals surface area (Å²) in [5.74, 6) is -0.476. The van der Waals surface area contributed by atoms with E-state index in [9.17, 15) is 18.0 Å². The van der Waals surface area contributed by atoms with E-state index in [2.05, 4.69) is 5.32 Å². The monoisotopic (exact) mass is 359 g/mol. The molecule has 0 aliphatic carbocycles. The van der Waals surface area contributed by atoms with Gasteiger partial charge in [0.25, 0.3) is 0 Å². The molecule has 0 aliphatic rings. The van der Waals surface area contributed by atoms with Gasteiger partial charge in [-0.1, -0.05) is 29.3 Å². The third-order valence-corrected chi connectivity index (χ3v) is 3.42. The normalized spacial score (nSPS) is 11.7. The second kappa shape index (κ2) is 7.06. The van der Waals surface area contributed by atoms with Crippen molar-refractivity contribution in [1.29, 1.82) is 0 Å². The molecular formula is C16H10Cl2F3NO. The third-order valence-electron chi connectivity index (χ3n) is 2.83. The Hall–Kier alpha value is -1.98. The lowest BCUT2D eigenvalue weighted by atomic mass is 10.1. The van der Waals surface area contributed by atoms with Crippen molar-refractivity contribution in [2.24, 2.45) is 0 Å². The number of hydrogen-bond donors (Lipinski definition) is 1. The van der Waals surface area contributed by atoms with Gasteiger partial charge in [-0.05, 0) is 48.0 Å². The van der Waals surface area contributed by atoms with Crippen molar-refractivity contribution < 1.29 is 18.0 Å². The minimum Gasteiger partial charge on any atom is -0.323 e. The minimum atomic E-state index is -4.55. The van der Waals surface area contributed by atoms with E-state index in [1.807, 2.05) is 0 Å². The van der Waals surface area contributed by atoms with Crippen molar-refractivity contribution in [3.05, 3.63) is 69.7 Å². The molecular weight excluding hydrogens is 350 g/mol. The van der Waals surface area contributed by atoms with Crippen molar-refractivity contribution in [2.45, 2.75) is 6.18 Å². The smallest absolute Gasteiger partial charge is 0.323 e. The van der Waals surface area contributed by atoms with Gasteiger partial charge in [0.15, 0.2) is 0 Å². The maximum Gasteiger partial charge on any atom is 0.417 e. The average molecular weight is 360 g/mol. The Kier molecular flexibility index (Phi) is 5.34. The molecule has 0 spiro atoms. The second-order valence-electron chi connectivity index (χ2n) is 4.57. The van der Waals surface area contributed by atoms with Gasteiger partial charge >= 0.3 is 6.18 Å². The number of anilines is 1. The Labute approximate surface area is 140 Å². The van der Waals surface area contributed by atoms with Crippen LogP contribution in [0, 0.1) is 0 Å². The lowest BCUT2D eigenvalue weighted by Gasteiger charge is -2.09. The molecule has 1 amide bonds. The molecule has 2 rings (SSSR count). The molecule has 0 aromatic heterocycles. The lowest BCUT2D eigenvalue weighted by Crippen LogP contribution is -2.08. The van der Waals surface area contributed by atoms with Gasteiger partial charge in [0.05, 0.1) is 10.6 Å². The molecule has 0 saturated heterocycles. The Bertz CT molecular complexity index is 740. The average Bonchev–Trinajstić information content (AvgIpc) is 2.47. The van der Waals surface area contributed by atoms with Crippen molar-refractivity contribution in [3.8, 4) is 0 Å². The summed E-state index contributed by atoms with van der Waals surface area (Å²) >= 11 is 11.3. The van der Waals surface area contributed by atoms with Gasteiger partial charge in [-0.25, -0.2) is 0 Å². The zero-order valence-corrected chi connectivity index (χ0v) is 13.0. The highest BCUT2D eigenvalue weighted by molar-refractivity contribution is 6.31. The van der Waals surface area contributed by atoms with Crippen LogP contribution in [-0.2, 0) is 11.0 Å². The first-order valence-electron chi connectivity index (χ1n) is 6.37. The quantitative estimate of drug-likeness (QED) is 0.703. The Morgan fingerprint density at radius 1 is 1.04 bits per heavy atom. The Morgan fingerprint density at radius 3 is 2.30 bits per heavy atom. The number of carbonyl (C=O) groups excluding carboxylic acids is 1. The van der Waals surface area contributed by atoms with E-state index in [1.165, 1.54) is 12.1 Å². The second-order valence-corrected chi connectivity index (χ2v) is 5.41. The molecule has 0 atom stereocenters. The largest absolute Gasteiger partial charge is 0.417 e. The SMILES string of the molecule is O=C(/C=C/c1ccc(Cl)c(C(F)(F)F)c1)Nc1ccc(Cl)cc1. The van der Waals surface area contributed by atoms with Gasteiger partial charge in [0.2, 0.25) is 5.91 Å². The summed E-state index contributed by atoms with van der Waals surface area (Å²) in [7, 11) is 0. The number of amides is 1. The van der Waals surface area contributed by atoms with Gasteiger partial charge in [-0.15, -0.1) is 0 Å². The van der Waals surface area contributed by atoms with E-state index in [-0.39, 0.29) is 10.6 Å².